The van der Waals surface area contributed by atoms with Gasteiger partial charge in [-0.05, 0) is 56.5 Å². The molecular formula is C16H20BrNS. The second-order valence-corrected chi connectivity index (χ2v) is 7.38. The summed E-state index contributed by atoms with van der Waals surface area (Å²) in [6.07, 6.45) is 0. The molecule has 102 valence electrons. The maximum absolute atomic E-state index is 3.63. The van der Waals surface area contributed by atoms with Crippen LogP contribution in [0.15, 0.2) is 28.7 Å². The van der Waals surface area contributed by atoms with Gasteiger partial charge in [0.05, 0.1) is 0 Å². The van der Waals surface area contributed by atoms with Gasteiger partial charge < -0.3 is 5.32 Å². The van der Waals surface area contributed by atoms with Gasteiger partial charge >= 0.3 is 0 Å². The van der Waals surface area contributed by atoms with Gasteiger partial charge in [-0.2, -0.15) is 0 Å². The van der Waals surface area contributed by atoms with Crippen LogP contribution in [0.25, 0.3) is 0 Å². The van der Waals surface area contributed by atoms with Gasteiger partial charge in [-0.15, -0.1) is 11.3 Å². The van der Waals surface area contributed by atoms with E-state index >= 15 is 0 Å². The Morgan fingerprint density at radius 3 is 2.53 bits per heavy atom. The molecule has 1 N–H and O–H groups in total. The van der Waals surface area contributed by atoms with E-state index in [0.29, 0.717) is 6.04 Å². The zero-order chi connectivity index (χ0) is 14.0. The fraction of sp³-hybridized carbons (Fsp3) is 0.375. The third kappa shape index (κ3) is 3.68. The Labute approximate surface area is 128 Å². The van der Waals surface area contributed by atoms with Crippen molar-refractivity contribution in [2.75, 3.05) is 0 Å². The average molecular weight is 338 g/mol. The van der Waals surface area contributed by atoms with Crippen molar-refractivity contribution in [1.29, 1.82) is 0 Å². The van der Waals surface area contributed by atoms with Crippen LogP contribution in [0, 0.1) is 20.8 Å². The molecule has 2 aromatic rings. The molecule has 3 heteroatoms. The standard InChI is InChI=1S/C16H20BrNS/c1-10-5-6-14(16(17)7-10)9-18-12(3)15-8-11(2)19-13(15)4/h5-8,12,18H,9H2,1-4H3. The summed E-state index contributed by atoms with van der Waals surface area (Å²) in [5.74, 6) is 0. The van der Waals surface area contributed by atoms with Crippen molar-refractivity contribution in [3.05, 3.63) is 55.2 Å². The summed E-state index contributed by atoms with van der Waals surface area (Å²) in [6, 6.07) is 9.19. The third-order valence-corrected chi connectivity index (χ3v) is 5.07. The zero-order valence-corrected chi connectivity index (χ0v) is 14.3. The van der Waals surface area contributed by atoms with E-state index in [1.807, 2.05) is 11.3 Å². The zero-order valence-electron chi connectivity index (χ0n) is 11.9. The van der Waals surface area contributed by atoms with Crippen molar-refractivity contribution in [1.82, 2.24) is 5.32 Å². The molecule has 1 aromatic heterocycles. The largest absolute Gasteiger partial charge is 0.306 e. The molecule has 1 atom stereocenters. The molecule has 0 amide bonds. The Morgan fingerprint density at radius 2 is 1.95 bits per heavy atom. The average Bonchev–Trinajstić information content (AvgIpc) is 2.67. The van der Waals surface area contributed by atoms with Gasteiger partial charge in [0.1, 0.15) is 0 Å². The van der Waals surface area contributed by atoms with Crippen LogP contribution in [0.4, 0.5) is 0 Å². The molecule has 0 radical (unpaired) electrons. The first-order valence-electron chi connectivity index (χ1n) is 6.52. The van der Waals surface area contributed by atoms with Crippen LogP contribution < -0.4 is 5.32 Å². The molecule has 0 bridgehead atoms. The lowest BCUT2D eigenvalue weighted by Crippen LogP contribution is -2.18. The van der Waals surface area contributed by atoms with Gasteiger partial charge in [-0.1, -0.05) is 28.1 Å². The van der Waals surface area contributed by atoms with E-state index < -0.39 is 0 Å². The van der Waals surface area contributed by atoms with Gasteiger partial charge in [-0.3, -0.25) is 0 Å². The number of hydrogen-bond donors (Lipinski definition) is 1. The lowest BCUT2D eigenvalue weighted by molar-refractivity contribution is 0.573. The number of thiophene rings is 1. The van der Waals surface area contributed by atoms with Crippen LogP contribution in [0.1, 0.15) is 39.4 Å². The summed E-state index contributed by atoms with van der Waals surface area (Å²) in [6.45, 7) is 9.60. The predicted molar refractivity (Wildman–Crippen MR) is 87.9 cm³/mol. The number of aryl methyl sites for hydroxylation is 3. The molecule has 0 aliphatic rings. The van der Waals surface area contributed by atoms with E-state index in [4.69, 9.17) is 0 Å². The quantitative estimate of drug-likeness (QED) is 0.799. The summed E-state index contributed by atoms with van der Waals surface area (Å²) in [4.78, 5) is 2.80. The minimum atomic E-state index is 0.387. The van der Waals surface area contributed by atoms with E-state index in [2.05, 4.69) is 73.2 Å². The third-order valence-electron chi connectivity index (χ3n) is 3.35. The van der Waals surface area contributed by atoms with E-state index in [1.54, 1.807) is 0 Å². The highest BCUT2D eigenvalue weighted by Crippen LogP contribution is 2.27. The highest BCUT2D eigenvalue weighted by atomic mass is 79.9. The second-order valence-electron chi connectivity index (χ2n) is 5.07. The maximum Gasteiger partial charge on any atom is 0.0305 e. The number of hydrogen-bond acceptors (Lipinski definition) is 2. The van der Waals surface area contributed by atoms with Crippen LogP contribution >= 0.6 is 27.3 Å². The first-order chi connectivity index (χ1) is 8.97. The summed E-state index contributed by atoms with van der Waals surface area (Å²) >= 11 is 5.51. The molecule has 0 saturated carbocycles. The smallest absolute Gasteiger partial charge is 0.0305 e. The van der Waals surface area contributed by atoms with E-state index in [0.717, 1.165) is 6.54 Å². The normalized spacial score (nSPS) is 12.7. The van der Waals surface area contributed by atoms with Gasteiger partial charge in [0.15, 0.2) is 0 Å². The molecule has 0 fully saturated rings. The van der Waals surface area contributed by atoms with Gasteiger partial charge in [0, 0.05) is 26.8 Å². The van der Waals surface area contributed by atoms with Crippen molar-refractivity contribution in [3.8, 4) is 0 Å². The van der Waals surface area contributed by atoms with Crippen LogP contribution in [0.3, 0.4) is 0 Å². The van der Waals surface area contributed by atoms with Crippen molar-refractivity contribution in [3.63, 3.8) is 0 Å². The Kier molecular flexibility index (Phi) is 4.82. The molecule has 0 aliphatic carbocycles. The summed E-state index contributed by atoms with van der Waals surface area (Å²) < 4.78 is 1.19. The predicted octanol–water partition coefficient (Wildman–Crippen LogP) is 5.29. The highest BCUT2D eigenvalue weighted by molar-refractivity contribution is 9.10. The number of halogens is 1. The van der Waals surface area contributed by atoms with Crippen molar-refractivity contribution >= 4 is 27.3 Å². The summed E-state index contributed by atoms with van der Waals surface area (Å²) in [7, 11) is 0. The fourth-order valence-corrected chi connectivity index (χ4v) is 3.90. The van der Waals surface area contributed by atoms with Crippen molar-refractivity contribution < 1.29 is 0 Å². The molecule has 19 heavy (non-hydrogen) atoms. The van der Waals surface area contributed by atoms with Crippen molar-refractivity contribution in [2.45, 2.75) is 40.3 Å². The minimum absolute atomic E-state index is 0.387. The Balaban J connectivity index is 2.04. The van der Waals surface area contributed by atoms with Gasteiger partial charge in [0.2, 0.25) is 0 Å². The first kappa shape index (κ1) is 14.8. The molecule has 1 nitrogen and oxygen atoms in total. The second kappa shape index (κ2) is 6.21. The van der Waals surface area contributed by atoms with Crippen LogP contribution in [0.2, 0.25) is 0 Å². The van der Waals surface area contributed by atoms with Crippen LogP contribution in [-0.2, 0) is 6.54 Å². The van der Waals surface area contributed by atoms with Gasteiger partial charge in [-0.25, -0.2) is 0 Å². The van der Waals surface area contributed by atoms with E-state index in [9.17, 15) is 0 Å². The molecular weight excluding hydrogens is 318 g/mol. The van der Waals surface area contributed by atoms with Crippen LogP contribution in [-0.4, -0.2) is 0 Å². The molecule has 1 unspecified atom stereocenters. The first-order valence-corrected chi connectivity index (χ1v) is 8.13. The van der Waals surface area contributed by atoms with E-state index in [1.165, 1.54) is 30.9 Å². The Bertz CT molecular complexity index is 574. The SMILES string of the molecule is Cc1ccc(CNC(C)c2cc(C)sc2C)c(Br)c1. The van der Waals surface area contributed by atoms with Crippen molar-refractivity contribution in [2.24, 2.45) is 0 Å². The number of nitrogens with one attached hydrogen (secondary N) is 1. The molecule has 0 spiro atoms. The lowest BCUT2D eigenvalue weighted by atomic mass is 10.1. The van der Waals surface area contributed by atoms with E-state index in [-0.39, 0.29) is 0 Å². The lowest BCUT2D eigenvalue weighted by Gasteiger charge is -2.15. The number of benzene rings is 1. The topological polar surface area (TPSA) is 12.0 Å². The minimum Gasteiger partial charge on any atom is -0.306 e. The molecule has 2 rings (SSSR count). The highest BCUT2D eigenvalue weighted by Gasteiger charge is 2.11. The maximum atomic E-state index is 3.63. The Morgan fingerprint density at radius 1 is 1.21 bits per heavy atom. The fourth-order valence-electron chi connectivity index (χ4n) is 2.25. The molecule has 1 heterocycles. The Hall–Kier alpha value is -0.640. The number of rotatable bonds is 4. The molecule has 0 saturated heterocycles. The molecule has 0 aliphatic heterocycles. The molecule has 1 aromatic carbocycles. The summed E-state index contributed by atoms with van der Waals surface area (Å²) in [5, 5.41) is 3.61. The van der Waals surface area contributed by atoms with Gasteiger partial charge in [0.25, 0.3) is 0 Å². The van der Waals surface area contributed by atoms with Crippen LogP contribution in [0.5, 0.6) is 0 Å². The monoisotopic (exact) mass is 337 g/mol. The summed E-state index contributed by atoms with van der Waals surface area (Å²) in [5.41, 5.74) is 4.01.